The normalized spacial score (nSPS) is 19.8. The average Bonchev–Trinajstić information content (AvgIpc) is 3.33. The molecule has 4 rings (SSSR count). The van der Waals surface area contributed by atoms with E-state index >= 15 is 0 Å². The Hall–Kier alpha value is -2.67. The number of carbonyl (C=O) groups excluding carboxylic acids is 2. The van der Waals surface area contributed by atoms with Crippen LogP contribution in [0.3, 0.4) is 0 Å². The van der Waals surface area contributed by atoms with E-state index < -0.39 is 35.8 Å². The quantitative estimate of drug-likeness (QED) is 0.644. The van der Waals surface area contributed by atoms with Crippen molar-refractivity contribution in [2.45, 2.75) is 51.7 Å². The molecule has 2 amide bonds. The highest BCUT2D eigenvalue weighted by Gasteiger charge is 2.33. The number of alkyl halides is 3. The number of hydrogen-bond donors (Lipinski definition) is 1. The fraction of sp³-hybridized carbons (Fsp3) is 0.579. The summed E-state index contributed by atoms with van der Waals surface area (Å²) in [5, 5.41) is 2.45. The SMILES string of the molecule is Cc1c(CN2CCNC(=O)C2=O)sc2c1c(=O)n(CC(F)(F)F)c(=O)n2CC1CCCO1. The Balaban J connectivity index is 1.84. The fourth-order valence-electron chi connectivity index (χ4n) is 4.01. The van der Waals surface area contributed by atoms with Gasteiger partial charge in [0.1, 0.15) is 11.4 Å². The largest absolute Gasteiger partial charge is 0.406 e. The first-order valence-electron chi connectivity index (χ1n) is 10.1. The molecular weight excluding hydrogens is 453 g/mol. The number of thiophene rings is 1. The van der Waals surface area contributed by atoms with Gasteiger partial charge < -0.3 is 15.0 Å². The van der Waals surface area contributed by atoms with Gasteiger partial charge in [-0.05, 0) is 25.3 Å². The number of aromatic nitrogens is 2. The highest BCUT2D eigenvalue weighted by atomic mass is 32.1. The third-order valence-electron chi connectivity index (χ3n) is 5.62. The van der Waals surface area contributed by atoms with E-state index in [1.807, 2.05) is 0 Å². The Bertz CT molecular complexity index is 1190. The van der Waals surface area contributed by atoms with Gasteiger partial charge in [0.25, 0.3) is 5.56 Å². The zero-order valence-electron chi connectivity index (χ0n) is 17.2. The Labute approximate surface area is 183 Å². The lowest BCUT2D eigenvalue weighted by Crippen LogP contribution is -2.51. The first-order valence-corrected chi connectivity index (χ1v) is 10.9. The molecule has 9 nitrogen and oxygen atoms in total. The molecule has 2 saturated heterocycles. The second-order valence-electron chi connectivity index (χ2n) is 7.85. The number of nitrogens with one attached hydrogen (secondary N) is 1. The van der Waals surface area contributed by atoms with E-state index in [1.54, 1.807) is 6.92 Å². The van der Waals surface area contributed by atoms with Crippen LogP contribution >= 0.6 is 11.3 Å². The molecule has 4 heterocycles. The second kappa shape index (κ2) is 8.35. The number of fused-ring (bicyclic) bond motifs is 1. The molecule has 0 bridgehead atoms. The van der Waals surface area contributed by atoms with Crippen LogP contribution in [0.1, 0.15) is 23.3 Å². The van der Waals surface area contributed by atoms with Gasteiger partial charge in [0.2, 0.25) is 0 Å². The van der Waals surface area contributed by atoms with Gasteiger partial charge in [-0.1, -0.05) is 0 Å². The first kappa shape index (κ1) is 22.5. The topological polar surface area (TPSA) is 103 Å². The van der Waals surface area contributed by atoms with Crippen molar-refractivity contribution in [2.75, 3.05) is 19.7 Å². The molecule has 2 aromatic rings. The van der Waals surface area contributed by atoms with Crippen LogP contribution in [-0.4, -0.2) is 57.8 Å². The van der Waals surface area contributed by atoms with Crippen molar-refractivity contribution in [3.63, 3.8) is 0 Å². The molecule has 0 spiro atoms. The van der Waals surface area contributed by atoms with E-state index in [1.165, 1.54) is 9.47 Å². The maximum atomic E-state index is 13.1. The summed E-state index contributed by atoms with van der Waals surface area (Å²) < 4.78 is 46.3. The second-order valence-corrected chi connectivity index (χ2v) is 8.93. The molecule has 0 aliphatic carbocycles. The minimum atomic E-state index is -4.75. The lowest BCUT2D eigenvalue weighted by Gasteiger charge is -2.26. The molecule has 174 valence electrons. The Morgan fingerprint density at radius 3 is 2.59 bits per heavy atom. The molecule has 2 aromatic heterocycles. The lowest BCUT2D eigenvalue weighted by molar-refractivity contribution is -0.148. The van der Waals surface area contributed by atoms with Gasteiger partial charge in [-0.3, -0.25) is 23.5 Å². The number of rotatable bonds is 5. The van der Waals surface area contributed by atoms with Crippen LogP contribution in [-0.2, 0) is 34.0 Å². The monoisotopic (exact) mass is 474 g/mol. The zero-order valence-corrected chi connectivity index (χ0v) is 18.0. The summed E-state index contributed by atoms with van der Waals surface area (Å²) in [7, 11) is 0. The van der Waals surface area contributed by atoms with Crippen molar-refractivity contribution in [3.05, 3.63) is 31.3 Å². The molecule has 0 aromatic carbocycles. The van der Waals surface area contributed by atoms with E-state index in [0.717, 1.165) is 17.8 Å². The number of piperazine rings is 1. The number of nitrogens with zero attached hydrogens (tertiary/aromatic N) is 3. The van der Waals surface area contributed by atoms with Crippen LogP contribution in [0, 0.1) is 6.92 Å². The van der Waals surface area contributed by atoms with Crippen LogP contribution in [0.15, 0.2) is 9.59 Å². The van der Waals surface area contributed by atoms with Gasteiger partial charge in [0.05, 0.1) is 24.6 Å². The Morgan fingerprint density at radius 1 is 1.19 bits per heavy atom. The summed E-state index contributed by atoms with van der Waals surface area (Å²) in [6.45, 7) is 0.959. The number of aryl methyl sites for hydroxylation is 1. The number of carbonyl (C=O) groups is 2. The molecule has 1 N–H and O–H groups in total. The van der Waals surface area contributed by atoms with E-state index in [-0.39, 0.29) is 47.1 Å². The van der Waals surface area contributed by atoms with Crippen LogP contribution in [0.5, 0.6) is 0 Å². The first-order chi connectivity index (χ1) is 15.1. The van der Waals surface area contributed by atoms with Crippen molar-refractivity contribution < 1.29 is 27.5 Å². The minimum Gasteiger partial charge on any atom is -0.376 e. The Kier molecular flexibility index (Phi) is 5.88. The van der Waals surface area contributed by atoms with Gasteiger partial charge in [0, 0.05) is 24.6 Å². The molecule has 0 radical (unpaired) electrons. The molecule has 1 atom stereocenters. The Morgan fingerprint density at radius 2 is 1.94 bits per heavy atom. The van der Waals surface area contributed by atoms with Crippen LogP contribution in [0.4, 0.5) is 13.2 Å². The summed E-state index contributed by atoms with van der Waals surface area (Å²) in [4.78, 5) is 51.8. The van der Waals surface area contributed by atoms with Crippen LogP contribution in [0.2, 0.25) is 0 Å². The smallest absolute Gasteiger partial charge is 0.376 e. The maximum Gasteiger partial charge on any atom is 0.406 e. The molecule has 1 unspecified atom stereocenters. The summed E-state index contributed by atoms with van der Waals surface area (Å²) in [6, 6.07) is 0. The minimum absolute atomic E-state index is 0.0146. The van der Waals surface area contributed by atoms with Gasteiger partial charge >= 0.3 is 23.7 Å². The molecular formula is C19H21F3N4O5S. The lowest BCUT2D eigenvalue weighted by atomic mass is 10.2. The standard InChI is InChI=1S/C19H21F3N4O5S/c1-10-12(8-24-5-4-23-14(27)16(24)29)32-17-13(10)15(28)26(9-19(20,21)22)18(30)25(17)7-11-3-2-6-31-11/h11H,2-9H2,1H3,(H,23,27). The van der Waals surface area contributed by atoms with Crippen molar-refractivity contribution in [2.24, 2.45) is 0 Å². The van der Waals surface area contributed by atoms with Gasteiger partial charge in [-0.2, -0.15) is 13.2 Å². The van der Waals surface area contributed by atoms with E-state index in [4.69, 9.17) is 4.74 Å². The van der Waals surface area contributed by atoms with Crippen molar-refractivity contribution in [1.82, 2.24) is 19.4 Å². The number of hydrogen-bond acceptors (Lipinski definition) is 6. The van der Waals surface area contributed by atoms with Gasteiger partial charge in [-0.25, -0.2) is 4.79 Å². The van der Waals surface area contributed by atoms with Crippen molar-refractivity contribution >= 4 is 33.4 Å². The highest BCUT2D eigenvalue weighted by Crippen LogP contribution is 2.30. The predicted molar refractivity (Wildman–Crippen MR) is 109 cm³/mol. The average molecular weight is 474 g/mol. The maximum absolute atomic E-state index is 13.1. The number of halogens is 3. The molecule has 2 fully saturated rings. The molecule has 0 saturated carbocycles. The van der Waals surface area contributed by atoms with Crippen molar-refractivity contribution in [1.29, 1.82) is 0 Å². The molecule has 32 heavy (non-hydrogen) atoms. The van der Waals surface area contributed by atoms with Crippen molar-refractivity contribution in [3.8, 4) is 0 Å². The third kappa shape index (κ3) is 4.18. The van der Waals surface area contributed by atoms with Crippen LogP contribution in [0.25, 0.3) is 10.2 Å². The predicted octanol–water partition coefficient (Wildman–Crippen LogP) is 0.733. The van der Waals surface area contributed by atoms with E-state index in [9.17, 15) is 32.3 Å². The molecule has 13 heteroatoms. The zero-order chi connectivity index (χ0) is 23.2. The summed E-state index contributed by atoms with van der Waals surface area (Å²) in [6.07, 6.45) is -3.66. The molecule has 2 aliphatic rings. The van der Waals surface area contributed by atoms with E-state index in [2.05, 4.69) is 5.32 Å². The van der Waals surface area contributed by atoms with Crippen LogP contribution < -0.4 is 16.6 Å². The number of amides is 2. The highest BCUT2D eigenvalue weighted by molar-refractivity contribution is 7.18. The fourth-order valence-corrected chi connectivity index (χ4v) is 5.33. The molecule has 2 aliphatic heterocycles. The summed E-state index contributed by atoms with van der Waals surface area (Å²) >= 11 is 1.07. The third-order valence-corrected chi connectivity index (χ3v) is 6.92. The van der Waals surface area contributed by atoms with Gasteiger partial charge in [-0.15, -0.1) is 11.3 Å². The van der Waals surface area contributed by atoms with Gasteiger partial charge in [0.15, 0.2) is 0 Å². The van der Waals surface area contributed by atoms with E-state index in [0.29, 0.717) is 23.5 Å². The summed E-state index contributed by atoms with van der Waals surface area (Å²) in [5.74, 6) is -1.46. The summed E-state index contributed by atoms with van der Waals surface area (Å²) in [5.41, 5.74) is -1.67. The number of ether oxygens (including phenoxy) is 1.